The van der Waals surface area contributed by atoms with Crippen LogP contribution in [0.5, 0.6) is 5.75 Å². The molecule has 0 bridgehead atoms. The maximum atomic E-state index is 11.9. The summed E-state index contributed by atoms with van der Waals surface area (Å²) < 4.78 is 10.5. The summed E-state index contributed by atoms with van der Waals surface area (Å²) in [6, 6.07) is 12.4. The first-order valence-corrected chi connectivity index (χ1v) is 8.61. The third kappa shape index (κ3) is 6.58. The van der Waals surface area contributed by atoms with Crippen molar-refractivity contribution in [3.05, 3.63) is 59.2 Å². The standard InChI is InChI=1S/C21H23NO5/c1-14-7-8-15(2)19(11-14)26-10-9-21(25)27-13-20(24)22-18-6-4-5-17(12-18)16(3)23/h4-8,11-12H,9-10,13H2,1-3H3,(H,22,24). The summed E-state index contributed by atoms with van der Waals surface area (Å²) >= 11 is 0. The number of Topliss-reactive ketones (excluding diaryl/α,β-unsaturated/α-hetero) is 1. The summed E-state index contributed by atoms with van der Waals surface area (Å²) in [6.45, 7) is 5.12. The van der Waals surface area contributed by atoms with Crippen molar-refractivity contribution in [2.24, 2.45) is 0 Å². The van der Waals surface area contributed by atoms with Crippen LogP contribution in [-0.4, -0.2) is 30.9 Å². The van der Waals surface area contributed by atoms with Crippen LogP contribution in [0.2, 0.25) is 0 Å². The zero-order chi connectivity index (χ0) is 19.8. The normalized spacial score (nSPS) is 10.2. The highest BCUT2D eigenvalue weighted by Gasteiger charge is 2.10. The van der Waals surface area contributed by atoms with E-state index < -0.39 is 18.5 Å². The number of hydrogen-bond acceptors (Lipinski definition) is 5. The Morgan fingerprint density at radius 3 is 2.56 bits per heavy atom. The number of ketones is 1. The lowest BCUT2D eigenvalue weighted by molar-refractivity contribution is -0.147. The van der Waals surface area contributed by atoms with Crippen molar-refractivity contribution in [1.29, 1.82) is 0 Å². The van der Waals surface area contributed by atoms with Crippen LogP contribution in [0.25, 0.3) is 0 Å². The number of carbonyl (C=O) groups excluding carboxylic acids is 3. The molecule has 0 radical (unpaired) electrons. The molecule has 27 heavy (non-hydrogen) atoms. The highest BCUT2D eigenvalue weighted by molar-refractivity contribution is 5.97. The molecule has 142 valence electrons. The minimum absolute atomic E-state index is 0.0421. The lowest BCUT2D eigenvalue weighted by atomic mass is 10.1. The molecule has 0 spiro atoms. The molecule has 0 heterocycles. The molecular formula is C21H23NO5. The molecule has 6 nitrogen and oxygen atoms in total. The molecule has 0 unspecified atom stereocenters. The van der Waals surface area contributed by atoms with E-state index >= 15 is 0 Å². The van der Waals surface area contributed by atoms with Crippen molar-refractivity contribution in [2.45, 2.75) is 27.2 Å². The SMILES string of the molecule is CC(=O)c1cccc(NC(=O)COC(=O)CCOc2cc(C)ccc2C)c1. The van der Waals surface area contributed by atoms with Crippen LogP contribution < -0.4 is 10.1 Å². The Balaban J connectivity index is 1.73. The number of nitrogens with one attached hydrogen (secondary N) is 1. The fraction of sp³-hybridized carbons (Fsp3) is 0.286. The van der Waals surface area contributed by atoms with Crippen LogP contribution in [0, 0.1) is 13.8 Å². The van der Waals surface area contributed by atoms with Gasteiger partial charge in [-0.1, -0.05) is 24.3 Å². The van der Waals surface area contributed by atoms with Gasteiger partial charge in [-0.25, -0.2) is 0 Å². The Hall–Kier alpha value is -3.15. The van der Waals surface area contributed by atoms with Gasteiger partial charge in [0.25, 0.3) is 5.91 Å². The first-order chi connectivity index (χ1) is 12.8. The highest BCUT2D eigenvalue weighted by Crippen LogP contribution is 2.19. The van der Waals surface area contributed by atoms with Crippen molar-refractivity contribution in [1.82, 2.24) is 0 Å². The Bertz CT molecular complexity index is 844. The third-order valence-electron chi connectivity index (χ3n) is 3.82. The van der Waals surface area contributed by atoms with E-state index in [4.69, 9.17) is 9.47 Å². The van der Waals surface area contributed by atoms with E-state index in [0.717, 1.165) is 16.9 Å². The average Bonchev–Trinajstić information content (AvgIpc) is 2.63. The van der Waals surface area contributed by atoms with E-state index in [1.165, 1.54) is 6.92 Å². The predicted octanol–water partition coefficient (Wildman–Crippen LogP) is 3.46. The quantitative estimate of drug-likeness (QED) is 0.569. The van der Waals surface area contributed by atoms with E-state index in [9.17, 15) is 14.4 Å². The Labute approximate surface area is 158 Å². The summed E-state index contributed by atoms with van der Waals surface area (Å²) in [5.41, 5.74) is 3.03. The number of aryl methyl sites for hydroxylation is 2. The van der Waals surface area contributed by atoms with Gasteiger partial charge in [-0.15, -0.1) is 0 Å². The van der Waals surface area contributed by atoms with Gasteiger partial charge in [-0.3, -0.25) is 14.4 Å². The lowest BCUT2D eigenvalue weighted by Crippen LogP contribution is -2.21. The van der Waals surface area contributed by atoms with Crippen LogP contribution in [0.15, 0.2) is 42.5 Å². The van der Waals surface area contributed by atoms with Gasteiger partial charge < -0.3 is 14.8 Å². The van der Waals surface area contributed by atoms with Crippen LogP contribution >= 0.6 is 0 Å². The third-order valence-corrected chi connectivity index (χ3v) is 3.82. The minimum Gasteiger partial charge on any atom is -0.493 e. The van der Waals surface area contributed by atoms with Crippen molar-refractivity contribution >= 4 is 23.3 Å². The summed E-state index contributed by atoms with van der Waals surface area (Å²) in [5.74, 6) is -0.361. The fourth-order valence-corrected chi connectivity index (χ4v) is 2.34. The van der Waals surface area contributed by atoms with E-state index in [0.29, 0.717) is 11.3 Å². The maximum Gasteiger partial charge on any atom is 0.309 e. The summed E-state index contributed by atoms with van der Waals surface area (Å²) in [5, 5.41) is 2.59. The first-order valence-electron chi connectivity index (χ1n) is 8.61. The predicted molar refractivity (Wildman–Crippen MR) is 102 cm³/mol. The number of carbonyl (C=O) groups is 3. The number of benzene rings is 2. The molecule has 6 heteroatoms. The summed E-state index contributed by atoms with van der Waals surface area (Å²) in [6.07, 6.45) is 0.0421. The molecule has 0 aromatic heterocycles. The summed E-state index contributed by atoms with van der Waals surface area (Å²) in [4.78, 5) is 35.0. The zero-order valence-electron chi connectivity index (χ0n) is 15.7. The van der Waals surface area contributed by atoms with Crippen LogP contribution in [0.1, 0.15) is 34.8 Å². The first kappa shape index (κ1) is 20.2. The smallest absolute Gasteiger partial charge is 0.309 e. The molecule has 0 saturated carbocycles. The van der Waals surface area contributed by atoms with Crippen molar-refractivity contribution in [3.63, 3.8) is 0 Å². The molecule has 1 N–H and O–H groups in total. The number of rotatable bonds is 8. The molecule has 1 amide bonds. The molecule has 0 saturated heterocycles. The number of ether oxygens (including phenoxy) is 2. The minimum atomic E-state index is -0.520. The van der Waals surface area contributed by atoms with E-state index in [1.807, 2.05) is 32.0 Å². The van der Waals surface area contributed by atoms with Crippen molar-refractivity contribution in [2.75, 3.05) is 18.5 Å². The molecule has 2 aromatic carbocycles. The van der Waals surface area contributed by atoms with Gasteiger partial charge in [-0.05, 0) is 50.1 Å². The largest absolute Gasteiger partial charge is 0.493 e. The second-order valence-corrected chi connectivity index (χ2v) is 6.21. The number of anilines is 1. The average molecular weight is 369 g/mol. The van der Waals surface area contributed by atoms with Crippen LogP contribution in [0.4, 0.5) is 5.69 Å². The number of amides is 1. The molecule has 0 aliphatic heterocycles. The van der Waals surface area contributed by atoms with Gasteiger partial charge in [-0.2, -0.15) is 0 Å². The van der Waals surface area contributed by atoms with E-state index in [2.05, 4.69) is 5.32 Å². The number of hydrogen-bond donors (Lipinski definition) is 1. The van der Waals surface area contributed by atoms with E-state index in [1.54, 1.807) is 24.3 Å². The molecule has 0 aliphatic carbocycles. The Morgan fingerprint density at radius 1 is 1.04 bits per heavy atom. The lowest BCUT2D eigenvalue weighted by Gasteiger charge is -2.10. The van der Waals surface area contributed by atoms with Gasteiger partial charge in [0.1, 0.15) is 5.75 Å². The maximum absolute atomic E-state index is 11.9. The highest BCUT2D eigenvalue weighted by atomic mass is 16.5. The monoisotopic (exact) mass is 369 g/mol. The number of esters is 1. The molecule has 0 atom stereocenters. The van der Waals surface area contributed by atoms with Gasteiger partial charge in [0.05, 0.1) is 13.0 Å². The summed E-state index contributed by atoms with van der Waals surface area (Å²) in [7, 11) is 0. The van der Waals surface area contributed by atoms with Gasteiger partial charge in [0.15, 0.2) is 12.4 Å². The molecule has 2 rings (SSSR count). The van der Waals surface area contributed by atoms with Crippen LogP contribution in [-0.2, 0) is 14.3 Å². The van der Waals surface area contributed by atoms with Gasteiger partial charge in [0, 0.05) is 11.3 Å². The molecule has 2 aromatic rings. The fourth-order valence-electron chi connectivity index (χ4n) is 2.34. The van der Waals surface area contributed by atoms with Crippen molar-refractivity contribution < 1.29 is 23.9 Å². The van der Waals surface area contributed by atoms with Gasteiger partial charge in [0.2, 0.25) is 0 Å². The second kappa shape index (κ2) is 9.52. The van der Waals surface area contributed by atoms with Crippen molar-refractivity contribution in [3.8, 4) is 5.75 Å². The Morgan fingerprint density at radius 2 is 1.81 bits per heavy atom. The molecular weight excluding hydrogens is 346 g/mol. The van der Waals surface area contributed by atoms with E-state index in [-0.39, 0.29) is 18.8 Å². The van der Waals surface area contributed by atoms with Gasteiger partial charge >= 0.3 is 5.97 Å². The Kier molecular flexibility index (Phi) is 7.11. The molecule has 0 fully saturated rings. The zero-order valence-corrected chi connectivity index (χ0v) is 15.7. The second-order valence-electron chi connectivity index (χ2n) is 6.21. The molecule has 0 aliphatic rings. The topological polar surface area (TPSA) is 81.7 Å². The van der Waals surface area contributed by atoms with Crippen LogP contribution in [0.3, 0.4) is 0 Å².